The summed E-state index contributed by atoms with van der Waals surface area (Å²) in [6.07, 6.45) is 0.236. The van der Waals surface area contributed by atoms with Gasteiger partial charge in [-0.2, -0.15) is 0 Å². The lowest BCUT2D eigenvalue weighted by Crippen LogP contribution is -2.33. The first-order valence-corrected chi connectivity index (χ1v) is 5.83. The Morgan fingerprint density at radius 2 is 2.05 bits per heavy atom. The number of nitrogens with two attached hydrogens (primary N) is 1. The molecule has 0 bridgehead atoms. The fourth-order valence-electron chi connectivity index (χ4n) is 1.45. The Morgan fingerprint density at radius 1 is 1.45 bits per heavy atom. The van der Waals surface area contributed by atoms with E-state index in [2.05, 4.69) is 0 Å². The molecule has 8 heteroatoms. The van der Waals surface area contributed by atoms with Gasteiger partial charge in [0.15, 0.2) is 17.3 Å². The number of carbonyl (C=O) groups is 1. The third-order valence-corrected chi connectivity index (χ3v) is 2.53. The van der Waals surface area contributed by atoms with Crippen molar-refractivity contribution in [1.29, 1.82) is 0 Å². The molecule has 6 nitrogen and oxygen atoms in total. The van der Waals surface area contributed by atoms with Gasteiger partial charge in [-0.1, -0.05) is 0 Å². The summed E-state index contributed by atoms with van der Waals surface area (Å²) >= 11 is 0. The Hall–Kier alpha value is -2.09. The Morgan fingerprint density at radius 3 is 2.55 bits per heavy atom. The summed E-state index contributed by atoms with van der Waals surface area (Å²) in [4.78, 5) is 21.5. The Balaban J connectivity index is 2.94. The molecule has 0 heterocycles. The molecule has 20 heavy (non-hydrogen) atoms. The molecule has 0 aromatic heterocycles. The van der Waals surface area contributed by atoms with Crippen LogP contribution in [0.2, 0.25) is 0 Å². The molecule has 0 aliphatic rings. The van der Waals surface area contributed by atoms with E-state index in [0.29, 0.717) is 12.5 Å². The number of hydrogen-bond acceptors (Lipinski definition) is 4. The molecular formula is C12H15F2N3O3. The molecule has 0 aliphatic carbocycles. The van der Waals surface area contributed by atoms with Gasteiger partial charge >= 0.3 is 0 Å². The van der Waals surface area contributed by atoms with Gasteiger partial charge in [0.2, 0.25) is 5.91 Å². The largest absolute Gasteiger partial charge is 0.326 e. The van der Waals surface area contributed by atoms with Crippen LogP contribution in [-0.2, 0) is 4.79 Å². The lowest BCUT2D eigenvalue weighted by molar-refractivity contribution is -0.384. The summed E-state index contributed by atoms with van der Waals surface area (Å²) in [5.74, 6) is -3.40. The molecule has 0 spiro atoms. The van der Waals surface area contributed by atoms with E-state index in [4.69, 9.17) is 5.73 Å². The maximum Gasteiger partial charge on any atom is 0.296 e. The van der Waals surface area contributed by atoms with Crippen molar-refractivity contribution in [3.05, 3.63) is 33.9 Å². The lowest BCUT2D eigenvalue weighted by Gasteiger charge is -2.17. The van der Waals surface area contributed by atoms with Crippen LogP contribution < -0.4 is 11.1 Å². The molecule has 0 saturated heterocycles. The highest BCUT2D eigenvalue weighted by atomic mass is 19.2. The van der Waals surface area contributed by atoms with Gasteiger partial charge in [0, 0.05) is 18.0 Å². The molecule has 0 radical (unpaired) electrons. The third-order valence-electron chi connectivity index (χ3n) is 2.53. The van der Waals surface area contributed by atoms with E-state index in [0.717, 1.165) is 6.07 Å². The number of anilines is 1. The summed E-state index contributed by atoms with van der Waals surface area (Å²) in [7, 11) is 0. The van der Waals surface area contributed by atoms with Crippen molar-refractivity contribution < 1.29 is 18.5 Å². The van der Waals surface area contributed by atoms with Gasteiger partial charge in [0.25, 0.3) is 5.69 Å². The minimum atomic E-state index is -1.46. The van der Waals surface area contributed by atoms with E-state index < -0.39 is 39.4 Å². The minimum Gasteiger partial charge on any atom is -0.326 e. The predicted octanol–water partition coefficient (Wildman–Crippen LogP) is 2.33. The van der Waals surface area contributed by atoms with E-state index in [1.807, 2.05) is 5.32 Å². The van der Waals surface area contributed by atoms with Crippen LogP contribution in [0.5, 0.6) is 0 Å². The van der Waals surface area contributed by atoms with Crippen LogP contribution in [0.15, 0.2) is 12.1 Å². The van der Waals surface area contributed by atoms with E-state index in [9.17, 15) is 23.7 Å². The van der Waals surface area contributed by atoms with Gasteiger partial charge in [-0.15, -0.1) is 0 Å². The highest BCUT2D eigenvalue weighted by Gasteiger charge is 2.23. The Labute approximate surface area is 114 Å². The highest BCUT2D eigenvalue weighted by Crippen LogP contribution is 2.29. The summed E-state index contributed by atoms with van der Waals surface area (Å²) < 4.78 is 26.6. The van der Waals surface area contributed by atoms with Crippen LogP contribution in [0.1, 0.15) is 26.7 Å². The van der Waals surface area contributed by atoms with E-state index in [-0.39, 0.29) is 6.42 Å². The Kier molecular flexibility index (Phi) is 4.72. The van der Waals surface area contributed by atoms with Crippen molar-refractivity contribution in [3.8, 4) is 0 Å². The van der Waals surface area contributed by atoms with Crippen molar-refractivity contribution in [2.24, 2.45) is 5.73 Å². The number of rotatable bonds is 5. The van der Waals surface area contributed by atoms with Crippen LogP contribution in [-0.4, -0.2) is 16.4 Å². The first-order valence-electron chi connectivity index (χ1n) is 5.83. The normalized spacial score (nSPS) is 11.2. The maximum absolute atomic E-state index is 13.5. The van der Waals surface area contributed by atoms with Crippen LogP contribution >= 0.6 is 0 Å². The number of nitro groups is 1. The molecule has 110 valence electrons. The van der Waals surface area contributed by atoms with Gasteiger partial charge in [0.05, 0.1) is 4.92 Å². The zero-order chi connectivity index (χ0) is 15.5. The first kappa shape index (κ1) is 16.0. The topological polar surface area (TPSA) is 98.3 Å². The number of carbonyl (C=O) groups excluding carboxylic acids is 1. The molecule has 0 unspecified atom stereocenters. The average Bonchev–Trinajstić information content (AvgIpc) is 2.31. The fourth-order valence-corrected chi connectivity index (χ4v) is 1.45. The van der Waals surface area contributed by atoms with Gasteiger partial charge in [-0.05, 0) is 26.3 Å². The zero-order valence-electron chi connectivity index (χ0n) is 11.1. The lowest BCUT2D eigenvalue weighted by atomic mass is 10.00. The van der Waals surface area contributed by atoms with Crippen molar-refractivity contribution >= 4 is 17.3 Å². The number of nitrogens with zero attached hydrogens (tertiary/aromatic N) is 1. The van der Waals surface area contributed by atoms with E-state index >= 15 is 0 Å². The summed E-state index contributed by atoms with van der Waals surface area (Å²) in [6.45, 7) is 3.40. The fraction of sp³-hybridized carbons (Fsp3) is 0.417. The van der Waals surface area contributed by atoms with Crippen LogP contribution in [0.4, 0.5) is 20.2 Å². The standard InChI is InChI=1S/C12H15F2N3O3/c1-12(2,15)6-5-9(18)16-11-8(17(19)20)4-3-7(13)10(11)14/h3-4H,5-6,15H2,1-2H3,(H,16,18). The van der Waals surface area contributed by atoms with Crippen molar-refractivity contribution in [1.82, 2.24) is 0 Å². The number of halogens is 2. The molecule has 1 amide bonds. The highest BCUT2D eigenvalue weighted by molar-refractivity contribution is 5.93. The third kappa shape index (κ3) is 4.23. The van der Waals surface area contributed by atoms with Crippen LogP contribution in [0.3, 0.4) is 0 Å². The minimum absolute atomic E-state index is 0.0589. The van der Waals surface area contributed by atoms with Gasteiger partial charge in [0.1, 0.15) is 0 Å². The number of hydrogen-bond donors (Lipinski definition) is 2. The second-order valence-corrected chi connectivity index (χ2v) is 5.05. The number of nitro benzene ring substituents is 1. The second-order valence-electron chi connectivity index (χ2n) is 5.05. The SMILES string of the molecule is CC(C)(N)CCC(=O)Nc1c([N+](=O)[O-])ccc(F)c1F. The smallest absolute Gasteiger partial charge is 0.296 e. The molecule has 0 saturated carbocycles. The number of amides is 1. The quantitative estimate of drug-likeness (QED) is 0.641. The molecule has 1 aromatic carbocycles. The monoisotopic (exact) mass is 287 g/mol. The molecular weight excluding hydrogens is 272 g/mol. The van der Waals surface area contributed by atoms with Crippen molar-refractivity contribution in [2.75, 3.05) is 5.32 Å². The van der Waals surface area contributed by atoms with Gasteiger partial charge in [-0.25, -0.2) is 8.78 Å². The number of benzene rings is 1. The molecule has 0 aliphatic heterocycles. The maximum atomic E-state index is 13.5. The first-order chi connectivity index (χ1) is 9.11. The molecule has 3 N–H and O–H groups in total. The van der Waals surface area contributed by atoms with E-state index in [1.54, 1.807) is 13.8 Å². The Bertz CT molecular complexity index is 541. The van der Waals surface area contributed by atoms with Crippen LogP contribution in [0, 0.1) is 21.7 Å². The van der Waals surface area contributed by atoms with Gasteiger partial charge < -0.3 is 11.1 Å². The van der Waals surface area contributed by atoms with Crippen molar-refractivity contribution in [2.45, 2.75) is 32.2 Å². The average molecular weight is 287 g/mol. The molecule has 0 fully saturated rings. The summed E-state index contributed by atoms with van der Waals surface area (Å²) in [6, 6.07) is 1.42. The summed E-state index contributed by atoms with van der Waals surface area (Å²) in [5.41, 5.74) is 3.61. The molecule has 1 aromatic rings. The van der Waals surface area contributed by atoms with Gasteiger partial charge in [-0.3, -0.25) is 14.9 Å². The molecule has 0 atom stereocenters. The van der Waals surface area contributed by atoms with Crippen molar-refractivity contribution in [3.63, 3.8) is 0 Å². The molecule has 1 rings (SSSR count). The summed E-state index contributed by atoms with van der Waals surface area (Å²) in [5, 5.41) is 12.8. The number of nitrogens with one attached hydrogen (secondary N) is 1. The van der Waals surface area contributed by atoms with E-state index in [1.165, 1.54) is 0 Å². The second kappa shape index (κ2) is 5.91. The zero-order valence-corrected chi connectivity index (χ0v) is 11.1. The van der Waals surface area contributed by atoms with Crippen LogP contribution in [0.25, 0.3) is 0 Å². The predicted molar refractivity (Wildman–Crippen MR) is 69.1 cm³/mol.